The van der Waals surface area contributed by atoms with Crippen molar-refractivity contribution in [1.82, 2.24) is 18.9 Å². The summed E-state index contributed by atoms with van der Waals surface area (Å²) in [4.78, 5) is 11.1. The van der Waals surface area contributed by atoms with Gasteiger partial charge in [-0.05, 0) is 45.7 Å². The Bertz CT molecular complexity index is 2950. The second kappa shape index (κ2) is 9.99. The minimum Gasteiger partial charge on any atom is -0.277 e. The maximum absolute atomic E-state index is 5.55. The molecule has 4 nitrogen and oxygen atoms in total. The molecule has 0 aliphatic heterocycles. The second-order valence-electron chi connectivity index (χ2n) is 12.9. The third kappa shape index (κ3) is 3.63. The van der Waals surface area contributed by atoms with Crippen LogP contribution in [0, 0.1) is 0 Å². The third-order valence-electron chi connectivity index (χ3n) is 10.3. The van der Waals surface area contributed by atoms with E-state index < -0.39 is 0 Å². The first kappa shape index (κ1) is 26.5. The van der Waals surface area contributed by atoms with Crippen LogP contribution in [0.2, 0.25) is 0 Å². The minimum absolute atomic E-state index is 0.668. The Labute approximate surface area is 282 Å². The molecule has 1 aliphatic rings. The lowest BCUT2D eigenvalue weighted by Crippen LogP contribution is -2.08. The lowest BCUT2D eigenvalue weighted by molar-refractivity contribution is 0.953. The van der Waals surface area contributed by atoms with Crippen molar-refractivity contribution in [1.29, 1.82) is 0 Å². The molecule has 49 heavy (non-hydrogen) atoms. The standard InChI is InChI=1S/C45H28N4/c1-3-15-28(16-4-1)41-34-23-11-12-24-35(34)44-47-45(46-43(49(41)44)29-17-5-2-6-18-29)48-38-26-14-13-25-36(38)40-37-27-30-19-7-8-20-31(30)39(37)32-21-9-10-22-33(32)42(40)48/h1-26H,27H2. The molecule has 1 aliphatic carbocycles. The molecule has 0 N–H and O–H groups in total. The van der Waals surface area contributed by atoms with Crippen LogP contribution >= 0.6 is 0 Å². The quantitative estimate of drug-likeness (QED) is 0.196. The number of hydrogen-bond acceptors (Lipinski definition) is 2. The first-order valence-corrected chi connectivity index (χ1v) is 16.8. The lowest BCUT2D eigenvalue weighted by atomic mass is 9.93. The fraction of sp³-hybridized carbons (Fsp3) is 0.0222. The van der Waals surface area contributed by atoms with Crippen molar-refractivity contribution >= 4 is 49.0 Å². The number of benzene rings is 7. The summed E-state index contributed by atoms with van der Waals surface area (Å²) in [5, 5.41) is 7.24. The van der Waals surface area contributed by atoms with E-state index in [1.54, 1.807) is 0 Å². The molecule has 3 heterocycles. The van der Waals surface area contributed by atoms with Crippen molar-refractivity contribution in [3.63, 3.8) is 0 Å². The van der Waals surface area contributed by atoms with Crippen LogP contribution in [-0.2, 0) is 6.42 Å². The highest BCUT2D eigenvalue weighted by atomic mass is 15.2. The van der Waals surface area contributed by atoms with Crippen molar-refractivity contribution in [2.24, 2.45) is 0 Å². The van der Waals surface area contributed by atoms with Gasteiger partial charge in [0.05, 0.1) is 16.7 Å². The Kier molecular flexibility index (Phi) is 5.41. The zero-order valence-electron chi connectivity index (χ0n) is 26.5. The molecule has 10 aromatic rings. The molecule has 0 unspecified atom stereocenters. The smallest absolute Gasteiger partial charge is 0.238 e. The van der Waals surface area contributed by atoms with Gasteiger partial charge >= 0.3 is 0 Å². The Morgan fingerprint density at radius 2 is 1.10 bits per heavy atom. The van der Waals surface area contributed by atoms with Gasteiger partial charge in [-0.1, -0.05) is 152 Å². The first-order valence-electron chi connectivity index (χ1n) is 16.8. The van der Waals surface area contributed by atoms with Crippen LogP contribution in [0.4, 0.5) is 0 Å². The Balaban J connectivity index is 1.34. The lowest BCUT2D eigenvalue weighted by Gasteiger charge is -2.15. The summed E-state index contributed by atoms with van der Waals surface area (Å²) in [5.74, 6) is 1.53. The molecule has 3 aromatic heterocycles. The summed E-state index contributed by atoms with van der Waals surface area (Å²) in [5.41, 5.74) is 11.9. The molecule has 0 bridgehead atoms. The van der Waals surface area contributed by atoms with E-state index in [1.807, 2.05) is 0 Å². The van der Waals surface area contributed by atoms with Crippen LogP contribution in [0.15, 0.2) is 158 Å². The van der Waals surface area contributed by atoms with Crippen molar-refractivity contribution in [3.05, 3.63) is 169 Å². The summed E-state index contributed by atoms with van der Waals surface area (Å²) >= 11 is 0. The normalized spacial score (nSPS) is 12.4. The summed E-state index contributed by atoms with van der Waals surface area (Å²) in [6.45, 7) is 0. The maximum Gasteiger partial charge on any atom is 0.238 e. The number of rotatable bonds is 3. The SMILES string of the molecule is c1ccc(-c2nc(-n3c4ccccc4c4c5c(c6ccccc6c43)-c3ccccc3C5)nc3c4ccccc4c(-c4ccccc4)n23)cc1. The highest BCUT2D eigenvalue weighted by Gasteiger charge is 2.29. The van der Waals surface area contributed by atoms with E-state index >= 15 is 0 Å². The van der Waals surface area contributed by atoms with E-state index in [-0.39, 0.29) is 0 Å². The van der Waals surface area contributed by atoms with E-state index in [2.05, 4.69) is 167 Å². The third-order valence-corrected chi connectivity index (χ3v) is 10.3. The highest BCUT2D eigenvalue weighted by Crippen LogP contribution is 2.49. The molecular formula is C45H28N4. The molecule has 0 fully saturated rings. The molecule has 0 saturated carbocycles. The van der Waals surface area contributed by atoms with Gasteiger partial charge in [0.2, 0.25) is 5.95 Å². The number of para-hydroxylation sites is 1. The monoisotopic (exact) mass is 624 g/mol. The Morgan fingerprint density at radius 3 is 1.90 bits per heavy atom. The van der Waals surface area contributed by atoms with Gasteiger partial charge in [0.15, 0.2) is 5.65 Å². The number of nitrogens with zero attached hydrogens (tertiary/aromatic N) is 4. The molecule has 7 aromatic carbocycles. The van der Waals surface area contributed by atoms with Crippen LogP contribution in [-0.4, -0.2) is 18.9 Å². The largest absolute Gasteiger partial charge is 0.277 e. The summed E-state index contributed by atoms with van der Waals surface area (Å²) < 4.78 is 4.59. The van der Waals surface area contributed by atoms with Crippen LogP contribution in [0.5, 0.6) is 0 Å². The Morgan fingerprint density at radius 1 is 0.490 bits per heavy atom. The average molecular weight is 625 g/mol. The van der Waals surface area contributed by atoms with Crippen molar-refractivity contribution in [3.8, 4) is 39.7 Å². The van der Waals surface area contributed by atoms with Crippen molar-refractivity contribution in [2.75, 3.05) is 0 Å². The van der Waals surface area contributed by atoms with Gasteiger partial charge < -0.3 is 0 Å². The fourth-order valence-electron chi connectivity index (χ4n) is 8.37. The zero-order valence-corrected chi connectivity index (χ0v) is 26.5. The minimum atomic E-state index is 0.668. The van der Waals surface area contributed by atoms with E-state index in [4.69, 9.17) is 9.97 Å². The van der Waals surface area contributed by atoms with Gasteiger partial charge in [0.1, 0.15) is 5.82 Å². The molecule has 0 saturated heterocycles. The summed E-state index contributed by atoms with van der Waals surface area (Å²) in [6.07, 6.45) is 0.903. The number of fused-ring (bicyclic) bond motifs is 13. The molecule has 228 valence electrons. The predicted octanol–water partition coefficient (Wildman–Crippen LogP) is 11.0. The Hall–Kier alpha value is -6.52. The molecule has 0 amide bonds. The summed E-state index contributed by atoms with van der Waals surface area (Å²) in [6, 6.07) is 56.3. The van der Waals surface area contributed by atoms with Crippen LogP contribution in [0.25, 0.3) is 88.7 Å². The fourth-order valence-corrected chi connectivity index (χ4v) is 8.37. The molecule has 0 atom stereocenters. The second-order valence-corrected chi connectivity index (χ2v) is 12.9. The molecule has 11 rings (SSSR count). The number of hydrogen-bond donors (Lipinski definition) is 0. The van der Waals surface area contributed by atoms with Gasteiger partial charge in [-0.2, -0.15) is 9.97 Å². The van der Waals surface area contributed by atoms with Gasteiger partial charge in [-0.3, -0.25) is 8.97 Å². The van der Waals surface area contributed by atoms with Crippen LogP contribution in [0.1, 0.15) is 11.1 Å². The van der Waals surface area contributed by atoms with Gasteiger partial charge in [-0.25, -0.2) is 0 Å². The molecule has 0 spiro atoms. The van der Waals surface area contributed by atoms with Gasteiger partial charge in [-0.15, -0.1) is 0 Å². The molecule has 0 radical (unpaired) electrons. The summed E-state index contributed by atoms with van der Waals surface area (Å²) in [7, 11) is 0. The van der Waals surface area contributed by atoms with E-state index in [1.165, 1.54) is 43.8 Å². The zero-order chi connectivity index (χ0) is 32.1. The molecular weight excluding hydrogens is 597 g/mol. The van der Waals surface area contributed by atoms with Crippen molar-refractivity contribution < 1.29 is 0 Å². The van der Waals surface area contributed by atoms with Gasteiger partial charge in [0.25, 0.3) is 0 Å². The van der Waals surface area contributed by atoms with E-state index in [0.29, 0.717) is 5.95 Å². The maximum atomic E-state index is 5.55. The highest BCUT2D eigenvalue weighted by molar-refractivity contribution is 6.25. The van der Waals surface area contributed by atoms with Crippen LogP contribution in [0.3, 0.4) is 0 Å². The van der Waals surface area contributed by atoms with Gasteiger partial charge in [0, 0.05) is 32.5 Å². The van der Waals surface area contributed by atoms with Crippen molar-refractivity contribution in [2.45, 2.75) is 6.42 Å². The number of aromatic nitrogens is 4. The van der Waals surface area contributed by atoms with E-state index in [9.17, 15) is 0 Å². The first-order chi connectivity index (χ1) is 24.3. The predicted molar refractivity (Wildman–Crippen MR) is 201 cm³/mol. The topological polar surface area (TPSA) is 35.1 Å². The van der Waals surface area contributed by atoms with Crippen LogP contribution < -0.4 is 0 Å². The average Bonchev–Trinajstić information content (AvgIpc) is 3.84. The molecule has 4 heteroatoms. The van der Waals surface area contributed by atoms with E-state index in [0.717, 1.165) is 56.5 Å².